The maximum Gasteiger partial charge on any atom is 0.246 e. The molecule has 2 aliphatic rings. The normalized spacial score (nSPS) is 30.5. The van der Waals surface area contributed by atoms with Gasteiger partial charge in [0.05, 0.1) is 18.6 Å². The molecule has 2 rings (SSSR count). The van der Waals surface area contributed by atoms with Crippen molar-refractivity contribution in [3.63, 3.8) is 0 Å². The van der Waals surface area contributed by atoms with Gasteiger partial charge in [0.2, 0.25) is 5.91 Å². The van der Waals surface area contributed by atoms with Gasteiger partial charge in [-0.15, -0.1) is 0 Å². The first-order valence-electron chi connectivity index (χ1n) is 4.19. The lowest BCUT2D eigenvalue weighted by molar-refractivity contribution is -0.124. The van der Waals surface area contributed by atoms with E-state index in [4.69, 9.17) is 4.74 Å². The van der Waals surface area contributed by atoms with Crippen molar-refractivity contribution < 1.29 is 9.53 Å². The Morgan fingerprint density at radius 2 is 2.27 bits per heavy atom. The summed E-state index contributed by atoms with van der Waals surface area (Å²) < 4.78 is 5.43. The molecule has 0 aromatic rings. The van der Waals surface area contributed by atoms with E-state index in [2.05, 4.69) is 5.32 Å². The molecule has 1 amide bonds. The summed E-state index contributed by atoms with van der Waals surface area (Å²) in [6.45, 7) is 1.31. The van der Waals surface area contributed by atoms with Crippen molar-refractivity contribution in [2.45, 2.75) is 25.4 Å². The number of carbonyl (C=O) groups excluding carboxylic acids is 1. The number of hydrogen-bond donors (Lipinski definition) is 0. The van der Waals surface area contributed by atoms with Gasteiger partial charge in [-0.3, -0.25) is 10.1 Å². The quantitative estimate of drug-likeness (QED) is 0.587. The number of amides is 1. The van der Waals surface area contributed by atoms with Crippen LogP contribution in [-0.4, -0.2) is 25.2 Å². The largest absolute Gasteiger partial charge is 0.377 e. The van der Waals surface area contributed by atoms with Crippen LogP contribution in [-0.2, 0) is 9.53 Å². The monoisotopic (exact) mass is 154 g/mol. The minimum atomic E-state index is 0.0469. The van der Waals surface area contributed by atoms with Gasteiger partial charge in [-0.05, 0) is 19.3 Å². The molecule has 2 fully saturated rings. The van der Waals surface area contributed by atoms with Gasteiger partial charge in [-0.2, -0.15) is 0 Å². The summed E-state index contributed by atoms with van der Waals surface area (Å²) in [5.74, 6) is 0.126. The molecule has 3 nitrogen and oxygen atoms in total. The molecule has 0 aromatic carbocycles. The van der Waals surface area contributed by atoms with Crippen LogP contribution in [0.1, 0.15) is 19.3 Å². The Hall–Kier alpha value is -0.570. The zero-order valence-corrected chi connectivity index (χ0v) is 6.45. The van der Waals surface area contributed by atoms with E-state index in [1.807, 2.05) is 0 Å². The van der Waals surface area contributed by atoms with E-state index in [-0.39, 0.29) is 11.8 Å². The Bertz CT molecular complexity index is 165. The first-order valence-corrected chi connectivity index (χ1v) is 4.19. The second-order valence-corrected chi connectivity index (χ2v) is 3.24. The van der Waals surface area contributed by atoms with Gasteiger partial charge < -0.3 is 4.74 Å². The Kier molecular flexibility index (Phi) is 1.82. The molecule has 1 unspecified atom stereocenters. The number of hydrogen-bond acceptors (Lipinski definition) is 2. The van der Waals surface area contributed by atoms with Gasteiger partial charge in [-0.25, -0.2) is 0 Å². The smallest absolute Gasteiger partial charge is 0.246 e. The van der Waals surface area contributed by atoms with Crippen molar-refractivity contribution in [3.05, 3.63) is 0 Å². The van der Waals surface area contributed by atoms with Gasteiger partial charge in [-0.1, -0.05) is 0 Å². The number of ether oxygens (including phenoxy) is 1. The Balaban J connectivity index is 1.71. The highest BCUT2D eigenvalue weighted by Gasteiger charge is 2.29. The highest BCUT2D eigenvalue weighted by atomic mass is 16.5. The van der Waals surface area contributed by atoms with E-state index in [1.165, 1.54) is 12.8 Å². The van der Waals surface area contributed by atoms with Crippen molar-refractivity contribution in [1.29, 1.82) is 0 Å². The maximum absolute atomic E-state index is 11.0. The van der Waals surface area contributed by atoms with Crippen LogP contribution in [0.4, 0.5) is 0 Å². The van der Waals surface area contributed by atoms with E-state index in [0.717, 1.165) is 6.42 Å². The molecule has 0 bridgehead atoms. The second-order valence-electron chi connectivity index (χ2n) is 3.24. The lowest BCUT2D eigenvalue weighted by Gasteiger charge is -2.05. The topological polar surface area (TPSA) is 40.4 Å². The summed E-state index contributed by atoms with van der Waals surface area (Å²) in [6.07, 6.45) is 3.71. The minimum Gasteiger partial charge on any atom is -0.377 e. The van der Waals surface area contributed by atoms with E-state index in [9.17, 15) is 4.79 Å². The summed E-state index contributed by atoms with van der Waals surface area (Å²) in [4.78, 5) is 11.0. The molecular formula is C8H12NO2. The van der Waals surface area contributed by atoms with Gasteiger partial charge in [0.1, 0.15) is 0 Å². The highest BCUT2D eigenvalue weighted by Crippen LogP contribution is 2.25. The van der Waals surface area contributed by atoms with Crippen LogP contribution in [0.3, 0.4) is 0 Å². The summed E-state index contributed by atoms with van der Waals surface area (Å²) >= 11 is 0. The molecule has 3 heteroatoms. The van der Waals surface area contributed by atoms with Crippen molar-refractivity contribution in [2.24, 2.45) is 5.92 Å². The van der Waals surface area contributed by atoms with E-state index >= 15 is 0 Å². The Morgan fingerprint density at radius 1 is 1.45 bits per heavy atom. The summed E-state index contributed by atoms with van der Waals surface area (Å²) in [7, 11) is 0. The average Bonchev–Trinajstić information content (AvgIpc) is 2.73. The minimum absolute atomic E-state index is 0.0469. The molecule has 1 aliphatic carbocycles. The molecule has 11 heavy (non-hydrogen) atoms. The van der Waals surface area contributed by atoms with Crippen LogP contribution >= 0.6 is 0 Å². The fourth-order valence-corrected chi connectivity index (χ4v) is 1.22. The first-order chi connectivity index (χ1) is 5.36. The molecule has 1 radical (unpaired) electrons. The summed E-state index contributed by atoms with van der Waals surface area (Å²) in [5, 5.41) is 3.80. The predicted molar refractivity (Wildman–Crippen MR) is 39.1 cm³/mol. The number of rotatable bonds is 3. The molecule has 1 saturated heterocycles. The van der Waals surface area contributed by atoms with Crippen LogP contribution < -0.4 is 5.32 Å². The zero-order chi connectivity index (χ0) is 7.68. The van der Waals surface area contributed by atoms with Crippen LogP contribution in [0.15, 0.2) is 0 Å². The molecule has 1 aliphatic heterocycles. The molecule has 0 N–H and O–H groups in total. The predicted octanol–water partition coefficient (Wildman–Crippen LogP) is 0.316. The number of nitrogens with zero attached hydrogens (tertiary/aromatic N) is 1. The molecule has 0 aromatic heterocycles. The fourth-order valence-electron chi connectivity index (χ4n) is 1.22. The van der Waals surface area contributed by atoms with Crippen molar-refractivity contribution in [2.75, 3.05) is 13.2 Å². The van der Waals surface area contributed by atoms with Gasteiger partial charge >= 0.3 is 0 Å². The number of carbonyl (C=O) groups is 1. The van der Waals surface area contributed by atoms with E-state index in [1.54, 1.807) is 0 Å². The van der Waals surface area contributed by atoms with Crippen molar-refractivity contribution >= 4 is 5.91 Å². The third-order valence-electron chi connectivity index (χ3n) is 2.15. The van der Waals surface area contributed by atoms with Crippen LogP contribution in [0.2, 0.25) is 0 Å². The van der Waals surface area contributed by atoms with E-state index in [0.29, 0.717) is 19.3 Å². The lowest BCUT2D eigenvalue weighted by Crippen LogP contribution is -2.18. The summed E-state index contributed by atoms with van der Waals surface area (Å²) in [6, 6.07) is 0. The van der Waals surface area contributed by atoms with Crippen molar-refractivity contribution in [1.82, 2.24) is 5.32 Å². The fraction of sp³-hybridized carbons (Fsp3) is 0.875. The van der Waals surface area contributed by atoms with E-state index < -0.39 is 0 Å². The van der Waals surface area contributed by atoms with Crippen molar-refractivity contribution in [3.8, 4) is 0 Å². The highest BCUT2D eigenvalue weighted by molar-refractivity contribution is 5.80. The first kappa shape index (κ1) is 7.10. The van der Waals surface area contributed by atoms with Crippen LogP contribution in [0.5, 0.6) is 0 Å². The van der Waals surface area contributed by atoms with Gasteiger partial charge in [0.15, 0.2) is 0 Å². The molecule has 1 saturated carbocycles. The molecule has 1 heterocycles. The zero-order valence-electron chi connectivity index (χ0n) is 6.45. The van der Waals surface area contributed by atoms with Crippen LogP contribution in [0, 0.1) is 5.92 Å². The Morgan fingerprint density at radius 3 is 2.82 bits per heavy atom. The standard InChI is InChI=1S/C8H12NO2/c10-8-6(3-4-9-8)5-11-7-1-2-7/h6-7H,1-5H2. The van der Waals surface area contributed by atoms with Gasteiger partial charge in [0.25, 0.3) is 0 Å². The Labute approximate surface area is 66.1 Å². The molecule has 61 valence electrons. The molecular weight excluding hydrogens is 142 g/mol. The third kappa shape index (κ3) is 1.71. The third-order valence-corrected chi connectivity index (χ3v) is 2.15. The molecule has 1 atom stereocenters. The second kappa shape index (κ2) is 2.81. The maximum atomic E-state index is 11.0. The lowest BCUT2D eigenvalue weighted by atomic mass is 10.1. The average molecular weight is 154 g/mol. The van der Waals surface area contributed by atoms with Gasteiger partial charge in [0, 0.05) is 6.54 Å². The van der Waals surface area contributed by atoms with Crippen LogP contribution in [0.25, 0.3) is 0 Å². The SMILES string of the molecule is O=C1[N]CCC1COC1CC1. The summed E-state index contributed by atoms with van der Waals surface area (Å²) in [5.41, 5.74) is 0. The molecule has 0 spiro atoms.